The highest BCUT2D eigenvalue weighted by Gasteiger charge is 2.26. The van der Waals surface area contributed by atoms with E-state index >= 15 is 0 Å². The van der Waals surface area contributed by atoms with Crippen LogP contribution in [0, 0.1) is 0 Å². The van der Waals surface area contributed by atoms with Gasteiger partial charge in [0.1, 0.15) is 0 Å². The number of rotatable bonds is 1. The highest BCUT2D eigenvalue weighted by molar-refractivity contribution is 9.10. The van der Waals surface area contributed by atoms with Crippen molar-refractivity contribution in [2.45, 2.75) is 5.25 Å². The fourth-order valence-corrected chi connectivity index (χ4v) is 2.93. The maximum Gasteiger partial charge on any atom is 0.0394 e. The van der Waals surface area contributed by atoms with Crippen molar-refractivity contribution in [3.8, 4) is 0 Å². The van der Waals surface area contributed by atoms with E-state index in [0.29, 0.717) is 0 Å². The van der Waals surface area contributed by atoms with Gasteiger partial charge in [-0.25, -0.2) is 0 Å². The van der Waals surface area contributed by atoms with Crippen molar-refractivity contribution >= 4 is 38.5 Å². The quantitative estimate of drug-likeness (QED) is 0.689. The van der Waals surface area contributed by atoms with Gasteiger partial charge in [-0.2, -0.15) is 11.8 Å². The van der Waals surface area contributed by atoms with Gasteiger partial charge in [0.25, 0.3) is 0 Å². The standard InChI is InChI=1S/C12H9BrS/c13-11-6-5-10(12-7-14-12)8-3-1-2-4-9(8)11/h1-6,12H,7H2. The van der Waals surface area contributed by atoms with Crippen LogP contribution in [0.5, 0.6) is 0 Å². The Labute approximate surface area is 95.8 Å². The third-order valence-corrected chi connectivity index (χ3v) is 4.20. The van der Waals surface area contributed by atoms with Crippen LogP contribution >= 0.6 is 27.7 Å². The van der Waals surface area contributed by atoms with Gasteiger partial charge < -0.3 is 0 Å². The Balaban J connectivity index is 2.35. The van der Waals surface area contributed by atoms with Crippen molar-refractivity contribution in [2.75, 3.05) is 5.75 Å². The predicted molar refractivity (Wildman–Crippen MR) is 66.8 cm³/mol. The second kappa shape index (κ2) is 3.28. The Morgan fingerprint density at radius 2 is 1.79 bits per heavy atom. The summed E-state index contributed by atoms with van der Waals surface area (Å²) in [6.45, 7) is 0. The third kappa shape index (κ3) is 1.37. The van der Waals surface area contributed by atoms with Gasteiger partial charge in [0.15, 0.2) is 0 Å². The molecular formula is C12H9BrS. The van der Waals surface area contributed by atoms with Crippen LogP contribution in [0.4, 0.5) is 0 Å². The van der Waals surface area contributed by atoms with Crippen LogP contribution in [-0.4, -0.2) is 5.75 Å². The molecular weight excluding hydrogens is 256 g/mol. The van der Waals surface area contributed by atoms with Crippen LogP contribution in [0.15, 0.2) is 40.9 Å². The zero-order chi connectivity index (χ0) is 9.54. The Morgan fingerprint density at radius 1 is 1.07 bits per heavy atom. The van der Waals surface area contributed by atoms with Crippen LogP contribution < -0.4 is 0 Å². The molecule has 70 valence electrons. The van der Waals surface area contributed by atoms with Gasteiger partial charge in [-0.1, -0.05) is 46.3 Å². The maximum atomic E-state index is 3.59. The minimum absolute atomic E-state index is 0.744. The highest BCUT2D eigenvalue weighted by Crippen LogP contribution is 2.48. The van der Waals surface area contributed by atoms with Crippen molar-refractivity contribution in [1.82, 2.24) is 0 Å². The van der Waals surface area contributed by atoms with Crippen LogP contribution in [0.1, 0.15) is 10.8 Å². The molecule has 0 N–H and O–H groups in total. The smallest absolute Gasteiger partial charge is 0.0394 e. The fourth-order valence-electron chi connectivity index (χ4n) is 1.79. The monoisotopic (exact) mass is 264 g/mol. The fraction of sp³-hybridized carbons (Fsp3) is 0.167. The highest BCUT2D eigenvalue weighted by atomic mass is 79.9. The summed E-state index contributed by atoms with van der Waals surface area (Å²) in [5.74, 6) is 1.28. The molecule has 1 unspecified atom stereocenters. The van der Waals surface area contributed by atoms with Gasteiger partial charge >= 0.3 is 0 Å². The minimum atomic E-state index is 0.744. The summed E-state index contributed by atoms with van der Waals surface area (Å²) in [6, 6.07) is 13.0. The lowest BCUT2D eigenvalue weighted by molar-refractivity contribution is 1.25. The number of halogens is 1. The first kappa shape index (κ1) is 8.81. The Hall–Kier alpha value is -0.470. The van der Waals surface area contributed by atoms with Crippen molar-refractivity contribution in [3.05, 3.63) is 46.4 Å². The normalized spacial score (nSPS) is 19.9. The summed E-state index contributed by atoms with van der Waals surface area (Å²) >= 11 is 5.62. The molecule has 1 aliphatic rings. The molecule has 0 nitrogen and oxygen atoms in total. The van der Waals surface area contributed by atoms with Crippen molar-refractivity contribution < 1.29 is 0 Å². The summed E-state index contributed by atoms with van der Waals surface area (Å²) in [7, 11) is 0. The molecule has 1 aliphatic heterocycles. The molecule has 14 heavy (non-hydrogen) atoms. The Bertz CT molecular complexity index is 489. The number of thioether (sulfide) groups is 1. The summed E-state index contributed by atoms with van der Waals surface area (Å²) in [6.07, 6.45) is 0. The first-order valence-electron chi connectivity index (χ1n) is 4.65. The number of hydrogen-bond donors (Lipinski definition) is 0. The first-order valence-corrected chi connectivity index (χ1v) is 6.49. The zero-order valence-corrected chi connectivity index (χ0v) is 9.94. The summed E-state index contributed by atoms with van der Waals surface area (Å²) in [4.78, 5) is 0. The van der Waals surface area contributed by atoms with E-state index in [9.17, 15) is 0 Å². The molecule has 2 heteroatoms. The Kier molecular flexibility index (Phi) is 2.06. The van der Waals surface area contributed by atoms with E-state index in [0.717, 1.165) is 5.25 Å². The van der Waals surface area contributed by atoms with Gasteiger partial charge in [0, 0.05) is 15.5 Å². The summed E-state index contributed by atoms with van der Waals surface area (Å²) in [5.41, 5.74) is 1.49. The SMILES string of the molecule is Brc1ccc(C2CS2)c2ccccc12. The van der Waals surface area contributed by atoms with Crippen LogP contribution in [0.2, 0.25) is 0 Å². The topological polar surface area (TPSA) is 0 Å². The molecule has 0 amide bonds. The lowest BCUT2D eigenvalue weighted by Gasteiger charge is -2.05. The van der Waals surface area contributed by atoms with E-state index < -0.39 is 0 Å². The first-order chi connectivity index (χ1) is 6.86. The molecule has 0 spiro atoms. The largest absolute Gasteiger partial charge is 0.151 e. The van der Waals surface area contributed by atoms with E-state index in [1.807, 2.05) is 11.8 Å². The second-order valence-corrected chi connectivity index (χ2v) is 5.59. The van der Waals surface area contributed by atoms with Crippen molar-refractivity contribution in [3.63, 3.8) is 0 Å². The zero-order valence-electron chi connectivity index (χ0n) is 7.53. The van der Waals surface area contributed by atoms with Gasteiger partial charge in [-0.3, -0.25) is 0 Å². The van der Waals surface area contributed by atoms with Crippen LogP contribution in [0.3, 0.4) is 0 Å². The number of fused-ring (bicyclic) bond motifs is 1. The number of hydrogen-bond acceptors (Lipinski definition) is 1. The lowest BCUT2D eigenvalue weighted by Crippen LogP contribution is -1.83. The molecule has 1 atom stereocenters. The Morgan fingerprint density at radius 3 is 2.50 bits per heavy atom. The molecule has 3 rings (SSSR count). The molecule has 1 fully saturated rings. The average Bonchev–Trinajstić information content (AvgIpc) is 3.03. The predicted octanol–water partition coefficient (Wildman–Crippen LogP) is 4.39. The van der Waals surface area contributed by atoms with E-state index in [1.165, 1.54) is 26.6 Å². The molecule has 0 bridgehead atoms. The summed E-state index contributed by atoms with van der Waals surface area (Å²) < 4.78 is 1.20. The number of benzene rings is 2. The molecule has 1 saturated heterocycles. The average molecular weight is 265 g/mol. The molecule has 0 saturated carbocycles. The van der Waals surface area contributed by atoms with Gasteiger partial charge in [-0.15, -0.1) is 0 Å². The minimum Gasteiger partial charge on any atom is -0.151 e. The van der Waals surface area contributed by atoms with Crippen LogP contribution in [0.25, 0.3) is 10.8 Å². The van der Waals surface area contributed by atoms with E-state index in [-0.39, 0.29) is 0 Å². The summed E-state index contributed by atoms with van der Waals surface area (Å²) in [5, 5.41) is 3.47. The van der Waals surface area contributed by atoms with Gasteiger partial charge in [-0.05, 0) is 22.4 Å². The second-order valence-electron chi connectivity index (χ2n) is 3.50. The molecule has 2 aromatic carbocycles. The van der Waals surface area contributed by atoms with Gasteiger partial charge in [0.2, 0.25) is 0 Å². The van der Waals surface area contributed by atoms with E-state index in [1.54, 1.807) is 0 Å². The van der Waals surface area contributed by atoms with E-state index in [2.05, 4.69) is 52.3 Å². The molecule has 0 aromatic heterocycles. The molecule has 0 radical (unpaired) electrons. The van der Waals surface area contributed by atoms with Gasteiger partial charge in [0.05, 0.1) is 0 Å². The van der Waals surface area contributed by atoms with Crippen molar-refractivity contribution in [2.24, 2.45) is 0 Å². The van der Waals surface area contributed by atoms with Crippen LogP contribution in [-0.2, 0) is 0 Å². The van der Waals surface area contributed by atoms with Crippen molar-refractivity contribution in [1.29, 1.82) is 0 Å². The lowest BCUT2D eigenvalue weighted by atomic mass is 10.0. The van der Waals surface area contributed by atoms with E-state index in [4.69, 9.17) is 0 Å². The maximum absolute atomic E-state index is 3.59. The third-order valence-electron chi connectivity index (χ3n) is 2.58. The molecule has 1 heterocycles. The molecule has 0 aliphatic carbocycles. The molecule has 2 aromatic rings.